The number of aryl methyl sites for hydroxylation is 1. The monoisotopic (exact) mass is 327 g/mol. The maximum Gasteiger partial charge on any atom is 0.240 e. The Hall–Kier alpha value is -1.48. The Labute approximate surface area is 130 Å². The van der Waals surface area contributed by atoms with E-state index in [2.05, 4.69) is 15.4 Å². The zero-order chi connectivity index (χ0) is 16.2. The lowest BCUT2D eigenvalue weighted by Crippen LogP contribution is -2.40. The average molecular weight is 327 g/mol. The van der Waals surface area contributed by atoms with Gasteiger partial charge in [-0.25, -0.2) is 13.1 Å². The Morgan fingerprint density at radius 1 is 1.45 bits per heavy atom. The van der Waals surface area contributed by atoms with Crippen molar-refractivity contribution < 1.29 is 17.9 Å². The molecule has 0 radical (unpaired) electrons. The van der Waals surface area contributed by atoms with Gasteiger partial charge >= 0.3 is 0 Å². The molecule has 0 aliphatic carbocycles. The second-order valence-corrected chi connectivity index (χ2v) is 6.99. The number of nitrogens with one attached hydrogen (secondary N) is 3. The van der Waals surface area contributed by atoms with Crippen LogP contribution >= 0.6 is 0 Å². The third-order valence-electron chi connectivity index (χ3n) is 3.45. The molecule has 3 N–H and O–H groups in total. The maximum absolute atomic E-state index is 12.0. The fraction of sp³-hybridized carbons (Fsp3) is 0.500. The van der Waals surface area contributed by atoms with E-state index in [4.69, 9.17) is 4.74 Å². The highest BCUT2D eigenvalue weighted by Crippen LogP contribution is 2.20. The number of sulfonamides is 1. The van der Waals surface area contributed by atoms with Gasteiger partial charge in [0.05, 0.1) is 24.0 Å². The summed E-state index contributed by atoms with van der Waals surface area (Å²) in [6, 6.07) is 4.80. The first kappa shape index (κ1) is 16.9. The highest BCUT2D eigenvalue weighted by molar-refractivity contribution is 7.89. The van der Waals surface area contributed by atoms with Crippen LogP contribution in [0.4, 0.5) is 5.69 Å². The molecule has 1 aromatic carbocycles. The number of anilines is 1. The van der Waals surface area contributed by atoms with Crippen molar-refractivity contribution in [1.29, 1.82) is 0 Å². The van der Waals surface area contributed by atoms with Gasteiger partial charge in [0.25, 0.3) is 0 Å². The van der Waals surface area contributed by atoms with Gasteiger partial charge < -0.3 is 15.4 Å². The van der Waals surface area contributed by atoms with Crippen LogP contribution in [-0.2, 0) is 19.6 Å². The van der Waals surface area contributed by atoms with Crippen LogP contribution in [0.5, 0.6) is 0 Å². The molecule has 1 aliphatic heterocycles. The summed E-state index contributed by atoms with van der Waals surface area (Å²) in [6.07, 6.45) is 0.0781. The molecule has 0 saturated carbocycles. The first-order chi connectivity index (χ1) is 10.4. The van der Waals surface area contributed by atoms with Crippen molar-refractivity contribution in [2.24, 2.45) is 0 Å². The lowest BCUT2D eigenvalue weighted by molar-refractivity contribution is -0.119. The summed E-state index contributed by atoms with van der Waals surface area (Å²) in [6.45, 7) is 3.73. The molecule has 1 amide bonds. The fourth-order valence-corrected chi connectivity index (χ4v) is 3.24. The van der Waals surface area contributed by atoms with Gasteiger partial charge in [-0.05, 0) is 31.7 Å². The number of ether oxygens (including phenoxy) is 1. The van der Waals surface area contributed by atoms with Crippen LogP contribution in [0.1, 0.15) is 12.0 Å². The van der Waals surface area contributed by atoms with E-state index in [0.29, 0.717) is 24.4 Å². The van der Waals surface area contributed by atoms with E-state index in [-0.39, 0.29) is 23.3 Å². The predicted molar refractivity (Wildman–Crippen MR) is 83.3 cm³/mol. The van der Waals surface area contributed by atoms with Gasteiger partial charge in [0, 0.05) is 18.8 Å². The largest absolute Gasteiger partial charge is 0.375 e. The van der Waals surface area contributed by atoms with E-state index in [1.165, 1.54) is 13.1 Å². The number of carbonyl (C=O) groups excluding carboxylic acids is 1. The summed E-state index contributed by atoms with van der Waals surface area (Å²) < 4.78 is 31.6. The molecule has 1 aliphatic rings. The second kappa shape index (κ2) is 7.19. The van der Waals surface area contributed by atoms with E-state index < -0.39 is 10.0 Å². The highest BCUT2D eigenvalue weighted by atomic mass is 32.2. The summed E-state index contributed by atoms with van der Waals surface area (Å²) in [7, 11) is -2.20. The second-order valence-electron chi connectivity index (χ2n) is 5.14. The van der Waals surface area contributed by atoms with Crippen LogP contribution < -0.4 is 15.4 Å². The van der Waals surface area contributed by atoms with E-state index in [1.54, 1.807) is 19.1 Å². The van der Waals surface area contributed by atoms with Crippen LogP contribution in [0.2, 0.25) is 0 Å². The van der Waals surface area contributed by atoms with Gasteiger partial charge in [-0.15, -0.1) is 0 Å². The number of benzene rings is 1. The van der Waals surface area contributed by atoms with E-state index in [0.717, 1.165) is 6.54 Å². The summed E-state index contributed by atoms with van der Waals surface area (Å²) in [5, 5.41) is 5.87. The number of rotatable bonds is 5. The average Bonchev–Trinajstić information content (AvgIpc) is 2.50. The van der Waals surface area contributed by atoms with Gasteiger partial charge in [-0.2, -0.15) is 0 Å². The molecule has 2 rings (SSSR count). The summed E-state index contributed by atoms with van der Waals surface area (Å²) in [5.41, 5.74) is 1.07. The molecule has 7 nitrogen and oxygen atoms in total. The number of morpholine rings is 1. The van der Waals surface area contributed by atoms with Gasteiger partial charge in [0.2, 0.25) is 15.9 Å². The van der Waals surface area contributed by atoms with Crippen molar-refractivity contribution in [3.8, 4) is 0 Å². The molecule has 1 fully saturated rings. The normalized spacial score (nSPS) is 18.9. The molecule has 1 aromatic rings. The Morgan fingerprint density at radius 3 is 2.86 bits per heavy atom. The number of carbonyl (C=O) groups is 1. The zero-order valence-electron chi connectivity index (χ0n) is 12.7. The Kier molecular flexibility index (Phi) is 5.52. The highest BCUT2D eigenvalue weighted by Gasteiger charge is 2.19. The summed E-state index contributed by atoms with van der Waals surface area (Å²) in [4.78, 5) is 12.2. The van der Waals surface area contributed by atoms with Crippen LogP contribution in [0.3, 0.4) is 0 Å². The van der Waals surface area contributed by atoms with Crippen molar-refractivity contribution in [2.75, 3.05) is 32.1 Å². The lowest BCUT2D eigenvalue weighted by atomic mass is 10.2. The zero-order valence-corrected chi connectivity index (χ0v) is 13.5. The van der Waals surface area contributed by atoms with Crippen molar-refractivity contribution in [1.82, 2.24) is 10.0 Å². The molecule has 0 aromatic heterocycles. The molecular weight excluding hydrogens is 306 g/mol. The summed E-state index contributed by atoms with van der Waals surface area (Å²) >= 11 is 0. The molecular formula is C14H21N3O4S. The first-order valence-electron chi connectivity index (χ1n) is 7.09. The molecule has 0 bridgehead atoms. The third-order valence-corrected chi connectivity index (χ3v) is 5.00. The van der Waals surface area contributed by atoms with Gasteiger partial charge in [0.1, 0.15) is 0 Å². The topological polar surface area (TPSA) is 96.5 Å². The quantitative estimate of drug-likeness (QED) is 0.719. The van der Waals surface area contributed by atoms with E-state index in [1.807, 2.05) is 0 Å². The van der Waals surface area contributed by atoms with Crippen molar-refractivity contribution >= 4 is 21.6 Å². The first-order valence-corrected chi connectivity index (χ1v) is 8.57. The van der Waals surface area contributed by atoms with Crippen molar-refractivity contribution in [2.45, 2.75) is 24.3 Å². The smallest absolute Gasteiger partial charge is 0.240 e. The maximum atomic E-state index is 12.0. The fourth-order valence-electron chi connectivity index (χ4n) is 2.25. The molecule has 1 heterocycles. The number of hydrogen-bond acceptors (Lipinski definition) is 5. The van der Waals surface area contributed by atoms with E-state index in [9.17, 15) is 13.2 Å². The van der Waals surface area contributed by atoms with Crippen LogP contribution in [0, 0.1) is 6.92 Å². The van der Waals surface area contributed by atoms with Gasteiger partial charge in [-0.1, -0.05) is 6.07 Å². The van der Waals surface area contributed by atoms with Crippen molar-refractivity contribution in [3.05, 3.63) is 23.8 Å². The third kappa shape index (κ3) is 4.26. The molecule has 1 saturated heterocycles. The standard InChI is InChI=1S/C14H21N3O4S/c1-10-3-4-11(7-13(10)22(19,20)15-2)17-14(18)8-12-9-16-5-6-21-12/h3-4,7,12,15-16H,5-6,8-9H2,1-2H3,(H,17,18). The minimum atomic E-state index is -3.55. The minimum absolute atomic E-state index is 0.153. The predicted octanol–water partition coefficient (Wildman–Crippen LogP) is 0.220. The van der Waals surface area contributed by atoms with Crippen molar-refractivity contribution in [3.63, 3.8) is 0 Å². The van der Waals surface area contributed by atoms with E-state index >= 15 is 0 Å². The van der Waals surface area contributed by atoms with Crippen LogP contribution in [0.25, 0.3) is 0 Å². The number of hydrogen-bond donors (Lipinski definition) is 3. The summed E-state index contributed by atoms with van der Waals surface area (Å²) in [5.74, 6) is -0.203. The molecule has 1 unspecified atom stereocenters. The Balaban J connectivity index is 2.06. The molecule has 0 spiro atoms. The van der Waals surface area contributed by atoms with Crippen LogP contribution in [0.15, 0.2) is 23.1 Å². The lowest BCUT2D eigenvalue weighted by Gasteiger charge is -2.23. The molecule has 22 heavy (non-hydrogen) atoms. The molecule has 122 valence electrons. The molecule has 8 heteroatoms. The number of amides is 1. The minimum Gasteiger partial charge on any atom is -0.375 e. The van der Waals surface area contributed by atoms with Gasteiger partial charge in [-0.3, -0.25) is 4.79 Å². The van der Waals surface area contributed by atoms with Gasteiger partial charge in [0.15, 0.2) is 0 Å². The SMILES string of the molecule is CNS(=O)(=O)c1cc(NC(=O)CC2CNCCO2)ccc1C. The van der Waals surface area contributed by atoms with Crippen LogP contribution in [-0.4, -0.2) is 47.2 Å². The molecule has 1 atom stereocenters. The Morgan fingerprint density at radius 2 is 2.23 bits per heavy atom. The Bertz CT molecular complexity index is 639.